The highest BCUT2D eigenvalue weighted by atomic mass is 16.6. The van der Waals surface area contributed by atoms with Crippen LogP contribution in [0.15, 0.2) is 48.7 Å². The monoisotopic (exact) mass is 406 g/mol. The minimum absolute atomic E-state index is 0.00809. The molecule has 2 aliphatic rings. The average molecular weight is 406 g/mol. The van der Waals surface area contributed by atoms with Crippen LogP contribution >= 0.6 is 0 Å². The number of amides is 2. The molecule has 2 aromatic carbocycles. The van der Waals surface area contributed by atoms with Crippen molar-refractivity contribution >= 4 is 17.9 Å². The lowest BCUT2D eigenvalue weighted by Crippen LogP contribution is -2.37. The first-order chi connectivity index (χ1) is 14.6. The van der Waals surface area contributed by atoms with E-state index in [4.69, 9.17) is 9.47 Å². The lowest BCUT2D eigenvalue weighted by molar-refractivity contribution is -0.135. The summed E-state index contributed by atoms with van der Waals surface area (Å²) in [6.45, 7) is 5.64. The Morgan fingerprint density at radius 2 is 1.87 bits per heavy atom. The van der Waals surface area contributed by atoms with Gasteiger partial charge in [-0.25, -0.2) is 0 Å². The first kappa shape index (κ1) is 20.0. The molecule has 0 aromatic heterocycles. The van der Waals surface area contributed by atoms with Gasteiger partial charge in [-0.15, -0.1) is 0 Å². The molecule has 2 heterocycles. The Labute approximate surface area is 176 Å². The third kappa shape index (κ3) is 4.03. The van der Waals surface area contributed by atoms with Crippen molar-refractivity contribution in [1.29, 1.82) is 0 Å². The van der Waals surface area contributed by atoms with Gasteiger partial charge < -0.3 is 19.3 Å². The molecule has 0 saturated heterocycles. The summed E-state index contributed by atoms with van der Waals surface area (Å²) in [6, 6.07) is 13.4. The number of rotatable bonds is 5. The molecule has 156 valence electrons. The molecule has 0 spiro atoms. The van der Waals surface area contributed by atoms with Crippen LogP contribution in [-0.4, -0.2) is 41.4 Å². The van der Waals surface area contributed by atoms with Crippen molar-refractivity contribution in [2.24, 2.45) is 0 Å². The van der Waals surface area contributed by atoms with E-state index in [1.807, 2.05) is 60.4 Å². The van der Waals surface area contributed by atoms with Gasteiger partial charge >= 0.3 is 0 Å². The van der Waals surface area contributed by atoms with Gasteiger partial charge in [-0.05, 0) is 41.8 Å². The van der Waals surface area contributed by atoms with Crippen molar-refractivity contribution in [3.63, 3.8) is 0 Å². The van der Waals surface area contributed by atoms with E-state index in [1.165, 1.54) is 6.92 Å². The van der Waals surface area contributed by atoms with Gasteiger partial charge in [-0.1, -0.05) is 30.3 Å². The van der Waals surface area contributed by atoms with Crippen LogP contribution in [0.4, 0.5) is 0 Å². The minimum Gasteiger partial charge on any atom is -0.486 e. The van der Waals surface area contributed by atoms with Crippen molar-refractivity contribution in [1.82, 2.24) is 9.80 Å². The maximum atomic E-state index is 13.2. The summed E-state index contributed by atoms with van der Waals surface area (Å²) in [5.41, 5.74) is 3.03. The fourth-order valence-corrected chi connectivity index (χ4v) is 3.99. The van der Waals surface area contributed by atoms with Crippen LogP contribution in [0.25, 0.3) is 6.08 Å². The van der Waals surface area contributed by atoms with E-state index in [-0.39, 0.29) is 24.3 Å². The van der Waals surface area contributed by atoms with Gasteiger partial charge in [-0.3, -0.25) is 9.59 Å². The van der Waals surface area contributed by atoms with Crippen molar-refractivity contribution < 1.29 is 19.1 Å². The van der Waals surface area contributed by atoms with E-state index < -0.39 is 0 Å². The molecule has 0 unspecified atom stereocenters. The van der Waals surface area contributed by atoms with Crippen LogP contribution in [0.2, 0.25) is 0 Å². The summed E-state index contributed by atoms with van der Waals surface area (Å²) < 4.78 is 11.2. The SMILES string of the molecule is CCN(Cc1ccc2c(c1)OCCO2)C(=O)C[C@@H]1c2ccccc2C=CN1C(C)=O. The molecule has 30 heavy (non-hydrogen) atoms. The summed E-state index contributed by atoms with van der Waals surface area (Å²) in [4.78, 5) is 28.9. The van der Waals surface area contributed by atoms with Crippen molar-refractivity contribution in [3.05, 3.63) is 65.4 Å². The molecule has 0 bridgehead atoms. The Balaban J connectivity index is 1.52. The Kier molecular flexibility index (Phi) is 5.74. The summed E-state index contributed by atoms with van der Waals surface area (Å²) >= 11 is 0. The van der Waals surface area contributed by atoms with Crippen LogP contribution in [0, 0.1) is 0 Å². The maximum Gasteiger partial charge on any atom is 0.225 e. The highest BCUT2D eigenvalue weighted by molar-refractivity contribution is 5.82. The molecule has 2 aromatic rings. The van der Waals surface area contributed by atoms with Crippen LogP contribution in [0.3, 0.4) is 0 Å². The Hall–Kier alpha value is -3.28. The Morgan fingerprint density at radius 3 is 2.63 bits per heavy atom. The van der Waals surface area contributed by atoms with Crippen LogP contribution < -0.4 is 9.47 Å². The smallest absolute Gasteiger partial charge is 0.225 e. The lowest BCUT2D eigenvalue weighted by Gasteiger charge is -2.34. The molecule has 0 aliphatic carbocycles. The zero-order valence-corrected chi connectivity index (χ0v) is 17.3. The zero-order chi connectivity index (χ0) is 21.1. The zero-order valence-electron chi connectivity index (χ0n) is 17.3. The quantitative estimate of drug-likeness (QED) is 0.758. The topological polar surface area (TPSA) is 59.1 Å². The van der Waals surface area contributed by atoms with Gasteiger partial charge in [-0.2, -0.15) is 0 Å². The normalized spacial score (nSPS) is 16.7. The summed E-state index contributed by atoms with van der Waals surface area (Å²) in [5, 5.41) is 0. The number of hydrogen-bond donors (Lipinski definition) is 0. The van der Waals surface area contributed by atoms with E-state index in [2.05, 4.69) is 0 Å². The fourth-order valence-electron chi connectivity index (χ4n) is 3.99. The molecule has 1 atom stereocenters. The highest BCUT2D eigenvalue weighted by Gasteiger charge is 2.29. The second kappa shape index (κ2) is 8.61. The average Bonchev–Trinajstić information content (AvgIpc) is 2.77. The number of nitrogens with zero attached hydrogens (tertiary/aromatic N) is 2. The van der Waals surface area contributed by atoms with E-state index in [0.29, 0.717) is 26.3 Å². The van der Waals surface area contributed by atoms with Crippen LogP contribution in [0.5, 0.6) is 11.5 Å². The largest absolute Gasteiger partial charge is 0.486 e. The first-order valence-corrected chi connectivity index (χ1v) is 10.3. The standard InChI is InChI=1S/C24H26N2O4/c1-3-25(16-18-8-9-22-23(14-18)30-13-12-29-22)24(28)15-21-20-7-5-4-6-19(20)10-11-26(21)17(2)27/h4-11,14,21H,3,12-13,15-16H2,1-2H3/t21-/m1/s1. The van der Waals surface area contributed by atoms with Crippen molar-refractivity contribution in [2.45, 2.75) is 32.9 Å². The van der Waals surface area contributed by atoms with Gasteiger partial charge in [0.2, 0.25) is 11.8 Å². The van der Waals surface area contributed by atoms with Gasteiger partial charge in [0.1, 0.15) is 13.2 Å². The van der Waals surface area contributed by atoms with Gasteiger partial charge in [0.25, 0.3) is 0 Å². The van der Waals surface area contributed by atoms with Gasteiger partial charge in [0.15, 0.2) is 11.5 Å². The molecule has 6 nitrogen and oxygen atoms in total. The van der Waals surface area contributed by atoms with E-state index in [0.717, 1.165) is 28.2 Å². The van der Waals surface area contributed by atoms with Gasteiger partial charge in [0.05, 0.1) is 12.5 Å². The Bertz CT molecular complexity index is 985. The molecular weight excluding hydrogens is 380 g/mol. The number of fused-ring (bicyclic) bond motifs is 2. The summed E-state index contributed by atoms with van der Waals surface area (Å²) in [7, 11) is 0. The molecule has 0 radical (unpaired) electrons. The van der Waals surface area contributed by atoms with Gasteiger partial charge in [0, 0.05) is 26.2 Å². The second-order valence-corrected chi connectivity index (χ2v) is 7.48. The highest BCUT2D eigenvalue weighted by Crippen LogP contribution is 2.34. The molecule has 0 saturated carbocycles. The predicted molar refractivity (Wildman–Crippen MR) is 114 cm³/mol. The van der Waals surface area contributed by atoms with Crippen molar-refractivity contribution in [2.75, 3.05) is 19.8 Å². The van der Waals surface area contributed by atoms with Crippen LogP contribution in [-0.2, 0) is 16.1 Å². The minimum atomic E-state index is -0.300. The molecule has 6 heteroatoms. The molecular formula is C24H26N2O4. The number of benzene rings is 2. The number of ether oxygens (including phenoxy) is 2. The number of carbonyl (C=O) groups is 2. The second-order valence-electron chi connectivity index (χ2n) is 7.48. The molecule has 2 amide bonds. The third-order valence-electron chi connectivity index (χ3n) is 5.55. The summed E-state index contributed by atoms with van der Waals surface area (Å²) in [6.07, 6.45) is 3.93. The maximum absolute atomic E-state index is 13.2. The predicted octanol–water partition coefficient (Wildman–Crippen LogP) is 3.77. The fraction of sp³-hybridized carbons (Fsp3) is 0.333. The Morgan fingerprint density at radius 1 is 1.10 bits per heavy atom. The molecule has 0 N–H and O–H groups in total. The number of carbonyl (C=O) groups excluding carboxylic acids is 2. The molecule has 0 fully saturated rings. The summed E-state index contributed by atoms with van der Waals surface area (Å²) in [5.74, 6) is 1.39. The lowest BCUT2D eigenvalue weighted by atomic mass is 9.93. The number of hydrogen-bond acceptors (Lipinski definition) is 4. The molecule has 2 aliphatic heterocycles. The van der Waals surface area contributed by atoms with E-state index >= 15 is 0 Å². The van der Waals surface area contributed by atoms with E-state index in [9.17, 15) is 9.59 Å². The van der Waals surface area contributed by atoms with E-state index in [1.54, 1.807) is 11.1 Å². The first-order valence-electron chi connectivity index (χ1n) is 10.3. The van der Waals surface area contributed by atoms with Crippen LogP contribution in [0.1, 0.15) is 43.0 Å². The third-order valence-corrected chi connectivity index (χ3v) is 5.55. The van der Waals surface area contributed by atoms with Crippen molar-refractivity contribution in [3.8, 4) is 11.5 Å². The molecule has 4 rings (SSSR count).